The van der Waals surface area contributed by atoms with E-state index in [0.717, 1.165) is 0 Å². The third kappa shape index (κ3) is 10.5. The fourth-order valence-corrected chi connectivity index (χ4v) is 7.22. The van der Waals surface area contributed by atoms with Crippen molar-refractivity contribution in [2.24, 2.45) is 0 Å². The standard InChI is InChI=1S/C29H51O28P/c30-1-7-12(35)15(38)24(57-26-18(41)11(34)6(33)4-48-26)29(52-7)56-22-13(36)8(2-31)51-27(19(22)42)55-23-14(37)10(5-49-58(45,46)47)53-28(20(23)43)54-21-9(3-32)50-25(44)17(40)16(21)39/h6-44H,1-5H2,(H2,45,46,47)/t6-,7-,8-,9-,10-,11-,12+,13+,14+,15+,16-,17+,18+,19-,20-,21-,22+,23+,24-,25+,26+,27+,28+,29+/m1/s1. The molecule has 5 rings (SSSR count). The van der Waals surface area contributed by atoms with E-state index in [1.807, 2.05) is 0 Å². The minimum absolute atomic E-state index is 0.571. The molecule has 5 aliphatic heterocycles. The number of ether oxygens (including phenoxy) is 9. The monoisotopic (exact) mass is 878 g/mol. The van der Waals surface area contributed by atoms with Gasteiger partial charge in [0.05, 0.1) is 33.0 Å². The molecule has 5 saturated heterocycles. The second kappa shape index (κ2) is 20.1. The van der Waals surface area contributed by atoms with E-state index in [0.29, 0.717) is 0 Å². The lowest BCUT2D eigenvalue weighted by molar-refractivity contribution is -0.397. The van der Waals surface area contributed by atoms with Crippen molar-refractivity contribution in [3.05, 3.63) is 0 Å². The Kier molecular flexibility index (Phi) is 16.7. The molecule has 58 heavy (non-hydrogen) atoms. The van der Waals surface area contributed by atoms with E-state index in [-0.39, 0.29) is 0 Å². The Labute approximate surface area is 326 Å². The van der Waals surface area contributed by atoms with E-state index >= 15 is 0 Å². The van der Waals surface area contributed by atoms with Crippen molar-refractivity contribution in [3.63, 3.8) is 0 Å². The average molecular weight is 879 g/mol. The molecule has 5 aliphatic rings. The summed E-state index contributed by atoms with van der Waals surface area (Å²) < 4.78 is 65.3. The quantitative estimate of drug-likeness (QED) is 0.0720. The van der Waals surface area contributed by atoms with E-state index in [4.69, 9.17) is 42.6 Å². The smallest absolute Gasteiger partial charge is 0.394 e. The lowest BCUT2D eigenvalue weighted by Gasteiger charge is -2.49. The molecule has 17 N–H and O–H groups in total. The van der Waals surface area contributed by atoms with Crippen molar-refractivity contribution in [1.29, 1.82) is 0 Å². The normalized spacial score (nSPS) is 50.8. The second-order valence-corrected chi connectivity index (χ2v) is 15.3. The van der Waals surface area contributed by atoms with Gasteiger partial charge in [0.1, 0.15) is 116 Å². The third-order valence-corrected chi connectivity index (χ3v) is 10.6. The van der Waals surface area contributed by atoms with Gasteiger partial charge in [0.25, 0.3) is 0 Å². The largest absolute Gasteiger partial charge is 0.469 e. The van der Waals surface area contributed by atoms with E-state index < -0.39 is 188 Å². The number of hydrogen-bond acceptors (Lipinski definition) is 26. The summed E-state index contributed by atoms with van der Waals surface area (Å²) in [6, 6.07) is 0. The minimum Gasteiger partial charge on any atom is -0.394 e. The van der Waals surface area contributed by atoms with Crippen molar-refractivity contribution in [2.45, 2.75) is 147 Å². The van der Waals surface area contributed by atoms with E-state index in [1.54, 1.807) is 0 Å². The van der Waals surface area contributed by atoms with Crippen molar-refractivity contribution in [3.8, 4) is 0 Å². The lowest BCUT2D eigenvalue weighted by atomic mass is 9.95. The number of rotatable bonds is 14. The van der Waals surface area contributed by atoms with Crippen molar-refractivity contribution < 1.29 is 138 Å². The highest BCUT2D eigenvalue weighted by Crippen LogP contribution is 2.39. The van der Waals surface area contributed by atoms with Gasteiger partial charge in [-0.25, -0.2) is 4.57 Å². The van der Waals surface area contributed by atoms with Crippen molar-refractivity contribution in [2.75, 3.05) is 33.0 Å². The summed E-state index contributed by atoms with van der Waals surface area (Å²) in [5.41, 5.74) is 0. The molecule has 24 atom stereocenters. The Hall–Kier alpha value is -0.850. The van der Waals surface area contributed by atoms with Crippen LogP contribution in [0.5, 0.6) is 0 Å². The summed E-state index contributed by atoms with van der Waals surface area (Å²) >= 11 is 0. The molecular weight excluding hydrogens is 827 g/mol. The van der Waals surface area contributed by atoms with Crippen LogP contribution in [0.3, 0.4) is 0 Å². The minimum atomic E-state index is -5.26. The summed E-state index contributed by atoms with van der Waals surface area (Å²) in [6.45, 7) is -4.64. The predicted octanol–water partition coefficient (Wildman–Crippen LogP) is -11.2. The number of phosphoric ester groups is 1. The van der Waals surface area contributed by atoms with Crippen LogP contribution in [-0.2, 0) is 51.7 Å². The Morgan fingerprint density at radius 1 is 0.448 bits per heavy atom. The summed E-state index contributed by atoms with van der Waals surface area (Å²) in [6.07, 6.45) is -46.8. The molecular formula is C29H51O28P. The van der Waals surface area contributed by atoms with Crippen molar-refractivity contribution in [1.82, 2.24) is 0 Å². The van der Waals surface area contributed by atoms with E-state index in [1.165, 1.54) is 0 Å². The molecule has 29 heteroatoms. The van der Waals surface area contributed by atoms with Gasteiger partial charge in [-0.1, -0.05) is 0 Å². The number of aliphatic hydroxyl groups is 15. The van der Waals surface area contributed by atoms with Crippen LogP contribution in [0, 0.1) is 0 Å². The molecule has 28 nitrogen and oxygen atoms in total. The molecule has 0 aromatic carbocycles. The third-order valence-electron chi connectivity index (χ3n) is 10.2. The van der Waals surface area contributed by atoms with Crippen molar-refractivity contribution >= 4 is 7.82 Å². The first-order valence-electron chi connectivity index (χ1n) is 17.8. The first-order chi connectivity index (χ1) is 27.2. The van der Waals surface area contributed by atoms with Crippen LogP contribution in [-0.4, -0.2) is 267 Å². The molecule has 0 radical (unpaired) electrons. The highest BCUT2D eigenvalue weighted by molar-refractivity contribution is 7.46. The first-order valence-corrected chi connectivity index (χ1v) is 19.3. The molecule has 0 aromatic heterocycles. The zero-order valence-electron chi connectivity index (χ0n) is 29.9. The van der Waals surface area contributed by atoms with Gasteiger partial charge in [-0.3, -0.25) is 4.52 Å². The Morgan fingerprint density at radius 3 is 1.48 bits per heavy atom. The summed E-state index contributed by atoms with van der Waals surface area (Å²) in [5, 5.41) is 157. The molecule has 0 unspecified atom stereocenters. The zero-order chi connectivity index (χ0) is 43.0. The molecule has 340 valence electrons. The molecule has 5 fully saturated rings. The highest BCUT2D eigenvalue weighted by Gasteiger charge is 2.56. The molecule has 0 aromatic rings. The second-order valence-electron chi connectivity index (χ2n) is 14.1. The maximum atomic E-state index is 11.5. The highest BCUT2D eigenvalue weighted by atomic mass is 31.2. The molecule has 0 amide bonds. The maximum absolute atomic E-state index is 11.5. The maximum Gasteiger partial charge on any atom is 0.469 e. The Balaban J connectivity index is 1.40. The number of phosphoric acid groups is 1. The lowest BCUT2D eigenvalue weighted by Crippen LogP contribution is -2.68. The molecule has 0 bridgehead atoms. The zero-order valence-corrected chi connectivity index (χ0v) is 30.8. The Morgan fingerprint density at radius 2 is 0.914 bits per heavy atom. The van der Waals surface area contributed by atoms with Gasteiger partial charge >= 0.3 is 7.82 Å². The van der Waals surface area contributed by atoms with Gasteiger partial charge in [0, 0.05) is 0 Å². The summed E-state index contributed by atoms with van der Waals surface area (Å²) in [7, 11) is -5.26. The fourth-order valence-electron chi connectivity index (χ4n) is 6.87. The SMILES string of the molecule is O=P(O)(O)OC[C@H]1O[C@@H](O[C@H]2[C@H](O)[C@H](O)[C@@H](O)O[C@@H]2CO)[C@H](O)[C@@H](O[C@@H]2O[C@H](CO)[C@H](O)[C@H](O[C@@H]3O[C@H](CO)[C@H](O)[C@H](O)[C@H]3O[C@@H]3OC[C@@H](O)[C@@H](O)[C@@H]3O)[C@H]2O)[C@H]1O. The van der Waals surface area contributed by atoms with Crippen LogP contribution in [0.2, 0.25) is 0 Å². The van der Waals surface area contributed by atoms with Crippen LogP contribution in [0.4, 0.5) is 0 Å². The molecule has 0 saturated carbocycles. The number of aliphatic hydroxyl groups excluding tert-OH is 15. The Bertz CT molecular complexity index is 1330. The topological polar surface area (TPSA) is 453 Å². The summed E-state index contributed by atoms with van der Waals surface area (Å²) in [4.78, 5) is 18.6. The molecule has 0 aliphatic carbocycles. The number of hydrogen-bond donors (Lipinski definition) is 17. The van der Waals surface area contributed by atoms with E-state index in [9.17, 15) is 90.9 Å². The van der Waals surface area contributed by atoms with Gasteiger partial charge in [0.15, 0.2) is 31.5 Å². The van der Waals surface area contributed by atoms with Gasteiger partial charge < -0.3 is 129 Å². The first kappa shape index (κ1) is 48.2. The van der Waals surface area contributed by atoms with Crippen LogP contribution < -0.4 is 0 Å². The van der Waals surface area contributed by atoms with Crippen LogP contribution >= 0.6 is 7.82 Å². The van der Waals surface area contributed by atoms with Gasteiger partial charge in [-0.05, 0) is 0 Å². The summed E-state index contributed by atoms with van der Waals surface area (Å²) in [5.74, 6) is 0. The van der Waals surface area contributed by atoms with Gasteiger partial charge in [-0.15, -0.1) is 0 Å². The van der Waals surface area contributed by atoms with Crippen LogP contribution in [0.25, 0.3) is 0 Å². The van der Waals surface area contributed by atoms with Gasteiger partial charge in [0.2, 0.25) is 0 Å². The average Bonchev–Trinajstić information content (AvgIpc) is 3.18. The van der Waals surface area contributed by atoms with Crippen LogP contribution in [0.15, 0.2) is 0 Å². The fraction of sp³-hybridized carbons (Fsp3) is 1.00. The molecule has 5 heterocycles. The van der Waals surface area contributed by atoms with Gasteiger partial charge in [-0.2, -0.15) is 0 Å². The molecule has 0 spiro atoms. The van der Waals surface area contributed by atoms with E-state index in [2.05, 4.69) is 4.52 Å². The van der Waals surface area contributed by atoms with Crippen LogP contribution in [0.1, 0.15) is 0 Å². The predicted molar refractivity (Wildman–Crippen MR) is 171 cm³/mol.